The normalized spacial score (nSPS) is 23.5. The Morgan fingerprint density at radius 3 is 2.58 bits per heavy atom. The Morgan fingerprint density at radius 2 is 2.00 bits per heavy atom. The van der Waals surface area contributed by atoms with E-state index in [1.54, 1.807) is 20.8 Å². The molecule has 0 N–H and O–H groups in total. The number of hydrogen-bond acceptors (Lipinski definition) is 3. The van der Waals surface area contributed by atoms with Crippen molar-refractivity contribution < 1.29 is 9.72 Å². The van der Waals surface area contributed by atoms with Crippen molar-refractivity contribution in [2.75, 3.05) is 0 Å². The van der Waals surface area contributed by atoms with Crippen molar-refractivity contribution in [3.05, 3.63) is 51.1 Å². The van der Waals surface area contributed by atoms with E-state index in [0.717, 1.165) is 11.1 Å². The predicted molar refractivity (Wildman–Crippen MR) is 73.5 cm³/mol. The van der Waals surface area contributed by atoms with Gasteiger partial charge in [-0.25, -0.2) is 0 Å². The van der Waals surface area contributed by atoms with Crippen molar-refractivity contribution in [1.29, 1.82) is 0 Å². The molecule has 100 valence electrons. The number of rotatable bonds is 3. The summed E-state index contributed by atoms with van der Waals surface area (Å²) in [6, 6.07) is 6.53. The van der Waals surface area contributed by atoms with E-state index in [0.29, 0.717) is 12.0 Å². The third kappa shape index (κ3) is 1.87. The van der Waals surface area contributed by atoms with Crippen molar-refractivity contribution in [3.8, 4) is 0 Å². The molecule has 2 atom stereocenters. The van der Waals surface area contributed by atoms with Gasteiger partial charge in [-0.1, -0.05) is 31.2 Å². The molecule has 0 aromatic heterocycles. The zero-order valence-corrected chi connectivity index (χ0v) is 11.3. The fraction of sp³-hybridized carbons (Fsp3) is 0.400. The van der Waals surface area contributed by atoms with Crippen LogP contribution in [0.5, 0.6) is 0 Å². The monoisotopic (exact) mass is 259 g/mol. The van der Waals surface area contributed by atoms with Gasteiger partial charge < -0.3 is 0 Å². The fourth-order valence-corrected chi connectivity index (χ4v) is 3.03. The molecule has 0 saturated carbocycles. The highest BCUT2D eigenvalue weighted by Crippen LogP contribution is 2.40. The van der Waals surface area contributed by atoms with Crippen molar-refractivity contribution >= 4 is 11.9 Å². The first-order valence-electron chi connectivity index (χ1n) is 6.39. The second kappa shape index (κ2) is 4.61. The maximum Gasteiger partial charge on any atom is 0.229 e. The van der Waals surface area contributed by atoms with E-state index < -0.39 is 11.5 Å². The number of carbonyl (C=O) groups excluding carboxylic acids is 1. The number of ketones is 1. The lowest BCUT2D eigenvalue weighted by atomic mass is 9.66. The molecule has 0 amide bonds. The average molecular weight is 259 g/mol. The molecule has 2 unspecified atom stereocenters. The van der Waals surface area contributed by atoms with Crippen molar-refractivity contribution in [1.82, 2.24) is 0 Å². The van der Waals surface area contributed by atoms with Crippen LogP contribution in [0.2, 0.25) is 0 Å². The molecule has 1 aliphatic rings. The first-order chi connectivity index (χ1) is 8.92. The molecule has 19 heavy (non-hydrogen) atoms. The van der Waals surface area contributed by atoms with E-state index in [-0.39, 0.29) is 10.7 Å². The summed E-state index contributed by atoms with van der Waals surface area (Å²) in [5.74, 6) is -0.144. The minimum absolute atomic E-state index is 0.144. The quantitative estimate of drug-likeness (QED) is 0.619. The van der Waals surface area contributed by atoms with Crippen molar-refractivity contribution in [3.63, 3.8) is 0 Å². The second-order valence-electron chi connectivity index (χ2n) is 5.16. The number of fused-ring (bicyclic) bond motifs is 1. The molecular weight excluding hydrogens is 242 g/mol. The summed E-state index contributed by atoms with van der Waals surface area (Å²) in [5, 5.41) is 11.3. The lowest BCUT2D eigenvalue weighted by Crippen LogP contribution is -2.49. The van der Waals surface area contributed by atoms with E-state index in [1.165, 1.54) is 0 Å². The molecule has 0 spiro atoms. The van der Waals surface area contributed by atoms with Gasteiger partial charge in [0.2, 0.25) is 6.04 Å². The average Bonchev–Trinajstić information content (AvgIpc) is 2.37. The maximum atomic E-state index is 12.5. The number of nitrogens with zero attached hydrogens (tertiary/aromatic N) is 1. The molecule has 4 nitrogen and oxygen atoms in total. The van der Waals surface area contributed by atoms with E-state index in [4.69, 9.17) is 0 Å². The lowest BCUT2D eigenvalue weighted by molar-refractivity contribution is -0.531. The van der Waals surface area contributed by atoms with Crippen LogP contribution in [-0.2, 0) is 10.2 Å². The van der Waals surface area contributed by atoms with Gasteiger partial charge in [0.25, 0.3) is 0 Å². The third-order valence-corrected chi connectivity index (χ3v) is 4.03. The first kappa shape index (κ1) is 13.5. The molecule has 0 radical (unpaired) electrons. The molecule has 1 aliphatic carbocycles. The second-order valence-corrected chi connectivity index (χ2v) is 5.16. The highest BCUT2D eigenvalue weighted by molar-refractivity contribution is 6.09. The van der Waals surface area contributed by atoms with Crippen LogP contribution >= 0.6 is 0 Å². The smallest absolute Gasteiger partial charge is 0.229 e. The summed E-state index contributed by atoms with van der Waals surface area (Å²) in [5.41, 5.74) is 1.17. The van der Waals surface area contributed by atoms with Crippen LogP contribution in [0.3, 0.4) is 0 Å². The summed E-state index contributed by atoms with van der Waals surface area (Å²) < 4.78 is 0. The van der Waals surface area contributed by atoms with E-state index in [2.05, 4.69) is 0 Å². The molecule has 0 saturated heterocycles. The maximum absolute atomic E-state index is 12.5. The van der Waals surface area contributed by atoms with Crippen LogP contribution in [0.4, 0.5) is 0 Å². The Labute approximate surface area is 112 Å². The fourth-order valence-electron chi connectivity index (χ4n) is 3.03. The van der Waals surface area contributed by atoms with Crippen LogP contribution in [0.1, 0.15) is 38.3 Å². The van der Waals surface area contributed by atoms with Gasteiger partial charge in [-0.05, 0) is 36.6 Å². The zero-order chi connectivity index (χ0) is 14.2. The zero-order valence-electron chi connectivity index (χ0n) is 11.3. The summed E-state index contributed by atoms with van der Waals surface area (Å²) >= 11 is 0. The summed E-state index contributed by atoms with van der Waals surface area (Å²) in [6.07, 6.45) is 2.14. The number of Topliss-reactive ketones (excluding diaryl/α,β-unsaturated/α-hetero) is 1. The SMILES string of the molecule is CCC([N+](=O)[O-])C1(C)C(=O)C(C)=Cc2ccccc21. The van der Waals surface area contributed by atoms with Crippen LogP contribution in [0, 0.1) is 10.1 Å². The molecule has 1 aromatic rings. The topological polar surface area (TPSA) is 60.2 Å². The largest absolute Gasteiger partial charge is 0.293 e. The van der Waals surface area contributed by atoms with Crippen LogP contribution in [0.15, 0.2) is 29.8 Å². The molecule has 2 rings (SSSR count). The van der Waals surface area contributed by atoms with Gasteiger partial charge in [-0.15, -0.1) is 0 Å². The minimum atomic E-state index is -1.08. The van der Waals surface area contributed by atoms with Gasteiger partial charge in [0.05, 0.1) is 0 Å². The van der Waals surface area contributed by atoms with Gasteiger partial charge in [-0.3, -0.25) is 14.9 Å². The number of nitro groups is 1. The Balaban J connectivity index is 2.70. The molecule has 0 fully saturated rings. The van der Waals surface area contributed by atoms with E-state index in [1.807, 2.05) is 30.3 Å². The summed E-state index contributed by atoms with van der Waals surface area (Å²) in [7, 11) is 0. The first-order valence-corrected chi connectivity index (χ1v) is 6.39. The predicted octanol–water partition coefficient (Wildman–Crippen LogP) is 2.99. The van der Waals surface area contributed by atoms with Crippen LogP contribution in [-0.4, -0.2) is 16.7 Å². The minimum Gasteiger partial charge on any atom is -0.293 e. The number of benzene rings is 1. The van der Waals surface area contributed by atoms with Gasteiger partial charge >= 0.3 is 0 Å². The van der Waals surface area contributed by atoms with Gasteiger partial charge in [0, 0.05) is 11.3 Å². The Hall–Kier alpha value is -1.97. The molecule has 1 aromatic carbocycles. The van der Waals surface area contributed by atoms with Crippen molar-refractivity contribution in [2.45, 2.75) is 38.6 Å². The van der Waals surface area contributed by atoms with Gasteiger partial charge in [-0.2, -0.15) is 0 Å². The third-order valence-electron chi connectivity index (χ3n) is 4.03. The summed E-state index contributed by atoms with van der Waals surface area (Å²) in [4.78, 5) is 23.5. The Morgan fingerprint density at radius 1 is 1.37 bits per heavy atom. The van der Waals surface area contributed by atoms with Crippen molar-refractivity contribution in [2.24, 2.45) is 0 Å². The summed E-state index contributed by atoms with van der Waals surface area (Å²) in [6.45, 7) is 5.17. The number of allylic oxidation sites excluding steroid dienone is 1. The van der Waals surface area contributed by atoms with Gasteiger partial charge in [0.1, 0.15) is 5.41 Å². The lowest BCUT2D eigenvalue weighted by Gasteiger charge is -2.35. The Bertz CT molecular complexity index is 577. The molecule has 0 bridgehead atoms. The Kier molecular flexibility index (Phi) is 3.27. The van der Waals surface area contributed by atoms with E-state index >= 15 is 0 Å². The van der Waals surface area contributed by atoms with E-state index in [9.17, 15) is 14.9 Å². The standard InChI is InChI=1S/C15H17NO3/c1-4-13(16(18)19)15(3)12-8-6-5-7-11(12)9-10(2)14(15)17/h5-9,13H,4H2,1-3H3. The molecule has 0 heterocycles. The highest BCUT2D eigenvalue weighted by Gasteiger charge is 2.51. The molecule has 4 heteroatoms. The van der Waals surface area contributed by atoms with Crippen LogP contribution < -0.4 is 0 Å². The van der Waals surface area contributed by atoms with Crippen LogP contribution in [0.25, 0.3) is 6.08 Å². The van der Waals surface area contributed by atoms with Gasteiger partial charge in [0.15, 0.2) is 5.78 Å². The highest BCUT2D eigenvalue weighted by atomic mass is 16.6. The molecule has 0 aliphatic heterocycles. The molecular formula is C15H17NO3. The number of carbonyl (C=O) groups is 1. The number of hydrogen-bond donors (Lipinski definition) is 0.